The molecule has 0 saturated carbocycles. The molecule has 2 heterocycles. The Labute approximate surface area is 131 Å². The molecular formula is C18H24N2O2. The topological polar surface area (TPSA) is 45.5 Å². The van der Waals surface area contributed by atoms with Crippen LogP contribution in [0.5, 0.6) is 0 Å². The van der Waals surface area contributed by atoms with E-state index in [1.54, 1.807) is 6.07 Å². The molecule has 1 N–H and O–H groups in total. The number of nitrogens with zero attached hydrogens (tertiary/aromatic N) is 2. The molecule has 1 saturated heterocycles. The number of hydrogen-bond donors (Lipinski definition) is 1. The van der Waals surface area contributed by atoms with Crippen molar-refractivity contribution in [3.8, 4) is 0 Å². The smallest absolute Gasteiger partial charge is 0.335 e. The third kappa shape index (κ3) is 2.63. The molecule has 1 atom stereocenters. The van der Waals surface area contributed by atoms with Crippen LogP contribution >= 0.6 is 0 Å². The van der Waals surface area contributed by atoms with E-state index in [1.807, 2.05) is 12.1 Å². The minimum Gasteiger partial charge on any atom is -0.478 e. The van der Waals surface area contributed by atoms with Gasteiger partial charge in [0.2, 0.25) is 0 Å². The summed E-state index contributed by atoms with van der Waals surface area (Å²) in [6, 6.07) is 6.07. The van der Waals surface area contributed by atoms with Gasteiger partial charge in [0.05, 0.1) is 5.56 Å². The van der Waals surface area contributed by atoms with Gasteiger partial charge in [0.1, 0.15) is 0 Å². The molecule has 1 fully saturated rings. The Kier molecular flexibility index (Phi) is 3.96. The maximum Gasteiger partial charge on any atom is 0.335 e. The number of carbonyl (C=O) groups is 1. The van der Waals surface area contributed by atoms with Crippen molar-refractivity contribution in [1.82, 2.24) is 9.47 Å². The molecule has 3 rings (SSSR count). The summed E-state index contributed by atoms with van der Waals surface area (Å²) in [5, 5.41) is 10.3. The number of fused-ring (bicyclic) bond motifs is 1. The fraction of sp³-hybridized carbons (Fsp3) is 0.500. The zero-order chi connectivity index (χ0) is 15.9. The highest BCUT2D eigenvalue weighted by Crippen LogP contribution is 2.30. The van der Waals surface area contributed by atoms with Crippen LogP contribution in [0.2, 0.25) is 0 Å². The van der Waals surface area contributed by atoms with Crippen molar-refractivity contribution in [3.63, 3.8) is 0 Å². The van der Waals surface area contributed by atoms with Crippen molar-refractivity contribution in [2.24, 2.45) is 0 Å². The molecule has 0 spiro atoms. The largest absolute Gasteiger partial charge is 0.478 e. The molecule has 0 bridgehead atoms. The zero-order valence-electron chi connectivity index (χ0n) is 13.5. The molecule has 4 heteroatoms. The van der Waals surface area contributed by atoms with E-state index in [4.69, 9.17) is 0 Å². The van der Waals surface area contributed by atoms with E-state index in [9.17, 15) is 9.90 Å². The van der Waals surface area contributed by atoms with Gasteiger partial charge in [-0.05, 0) is 56.1 Å². The molecule has 0 amide bonds. The highest BCUT2D eigenvalue weighted by atomic mass is 16.4. The quantitative estimate of drug-likeness (QED) is 0.939. The molecule has 1 aromatic heterocycles. The van der Waals surface area contributed by atoms with Gasteiger partial charge in [-0.3, -0.25) is 0 Å². The van der Waals surface area contributed by atoms with Crippen LogP contribution in [0, 0.1) is 0 Å². The third-order valence-corrected chi connectivity index (χ3v) is 4.86. The van der Waals surface area contributed by atoms with E-state index in [2.05, 4.69) is 36.6 Å². The second kappa shape index (κ2) is 5.76. The number of aromatic carboxylic acids is 1. The normalized spacial score (nSPS) is 19.4. The Bertz CT molecular complexity index is 702. The lowest BCUT2D eigenvalue weighted by Crippen LogP contribution is -2.29. The Morgan fingerprint density at radius 1 is 1.41 bits per heavy atom. The minimum absolute atomic E-state index is 0.366. The first-order valence-electron chi connectivity index (χ1n) is 8.03. The first kappa shape index (κ1) is 15.1. The monoisotopic (exact) mass is 300 g/mol. The van der Waals surface area contributed by atoms with Crippen molar-refractivity contribution in [2.75, 3.05) is 13.6 Å². The highest BCUT2D eigenvalue weighted by Gasteiger charge is 2.22. The SMILES string of the molecule is CC(C)c1cn(C[C@@H]2CCCN2C)c2ccc(C(=O)O)cc12. The van der Waals surface area contributed by atoms with Crippen molar-refractivity contribution < 1.29 is 9.90 Å². The number of rotatable bonds is 4. The summed E-state index contributed by atoms with van der Waals surface area (Å²) in [6.07, 6.45) is 4.72. The minimum atomic E-state index is -0.861. The van der Waals surface area contributed by atoms with E-state index >= 15 is 0 Å². The predicted molar refractivity (Wildman–Crippen MR) is 88.6 cm³/mol. The van der Waals surface area contributed by atoms with Gasteiger partial charge in [-0.2, -0.15) is 0 Å². The molecule has 1 aliphatic rings. The van der Waals surface area contributed by atoms with Crippen LogP contribution in [0.1, 0.15) is 48.5 Å². The van der Waals surface area contributed by atoms with Crippen LogP contribution in [0.3, 0.4) is 0 Å². The summed E-state index contributed by atoms with van der Waals surface area (Å²) >= 11 is 0. The Morgan fingerprint density at radius 2 is 2.18 bits per heavy atom. The van der Waals surface area contributed by atoms with E-state index in [-0.39, 0.29) is 0 Å². The number of carboxylic acid groups (broad SMARTS) is 1. The zero-order valence-corrected chi connectivity index (χ0v) is 13.5. The van der Waals surface area contributed by atoms with Gasteiger partial charge in [-0.1, -0.05) is 13.8 Å². The van der Waals surface area contributed by atoms with Crippen LogP contribution in [0.15, 0.2) is 24.4 Å². The predicted octanol–water partition coefficient (Wildman–Crippen LogP) is 3.56. The molecular weight excluding hydrogens is 276 g/mol. The van der Waals surface area contributed by atoms with Crippen molar-refractivity contribution in [2.45, 2.75) is 45.2 Å². The molecule has 1 aromatic carbocycles. The third-order valence-electron chi connectivity index (χ3n) is 4.86. The maximum absolute atomic E-state index is 11.2. The Hall–Kier alpha value is -1.81. The molecule has 2 aromatic rings. The second-order valence-corrected chi connectivity index (χ2v) is 6.71. The summed E-state index contributed by atoms with van der Waals surface area (Å²) in [5.74, 6) is -0.478. The number of carboxylic acids is 1. The first-order valence-corrected chi connectivity index (χ1v) is 8.03. The fourth-order valence-electron chi connectivity index (χ4n) is 3.51. The number of likely N-dealkylation sites (tertiary alicyclic amines) is 1. The summed E-state index contributed by atoms with van der Waals surface area (Å²) in [7, 11) is 2.19. The Balaban J connectivity index is 2.05. The average molecular weight is 300 g/mol. The second-order valence-electron chi connectivity index (χ2n) is 6.71. The van der Waals surface area contributed by atoms with E-state index in [1.165, 1.54) is 24.9 Å². The van der Waals surface area contributed by atoms with Crippen molar-refractivity contribution in [3.05, 3.63) is 35.5 Å². The molecule has 0 unspecified atom stereocenters. The fourth-order valence-corrected chi connectivity index (χ4v) is 3.51. The molecule has 0 aliphatic carbocycles. The van der Waals surface area contributed by atoms with Crippen LogP contribution in [-0.4, -0.2) is 40.2 Å². The van der Waals surface area contributed by atoms with Gasteiger partial charge >= 0.3 is 5.97 Å². The molecule has 22 heavy (non-hydrogen) atoms. The van der Waals surface area contributed by atoms with Crippen molar-refractivity contribution in [1.29, 1.82) is 0 Å². The lowest BCUT2D eigenvalue weighted by molar-refractivity contribution is 0.0697. The van der Waals surface area contributed by atoms with Gasteiger partial charge in [0.15, 0.2) is 0 Å². The van der Waals surface area contributed by atoms with E-state index < -0.39 is 5.97 Å². The Morgan fingerprint density at radius 3 is 2.77 bits per heavy atom. The molecule has 1 aliphatic heterocycles. The summed E-state index contributed by atoms with van der Waals surface area (Å²) in [4.78, 5) is 13.7. The van der Waals surface area contributed by atoms with Crippen LogP contribution < -0.4 is 0 Å². The van der Waals surface area contributed by atoms with Gasteiger partial charge in [-0.25, -0.2) is 4.79 Å². The number of benzene rings is 1. The molecule has 118 valence electrons. The van der Waals surface area contributed by atoms with Crippen LogP contribution in [0.25, 0.3) is 10.9 Å². The van der Waals surface area contributed by atoms with Gasteiger partial charge < -0.3 is 14.6 Å². The number of aromatic nitrogens is 1. The number of likely N-dealkylation sites (N-methyl/N-ethyl adjacent to an activating group) is 1. The van der Waals surface area contributed by atoms with Gasteiger partial charge in [0, 0.05) is 29.7 Å². The standard InChI is InChI=1S/C18H24N2O2/c1-12(2)16-11-20(10-14-5-4-8-19(14)3)17-7-6-13(18(21)22)9-15(16)17/h6-7,9,11-12,14H,4-5,8,10H2,1-3H3,(H,21,22)/t14-/m0/s1. The summed E-state index contributed by atoms with van der Waals surface area (Å²) in [6.45, 7) is 6.47. The van der Waals surface area contributed by atoms with E-state index in [0.717, 1.165) is 17.4 Å². The first-order chi connectivity index (χ1) is 10.5. The van der Waals surface area contributed by atoms with Crippen LogP contribution in [-0.2, 0) is 6.54 Å². The lowest BCUT2D eigenvalue weighted by Gasteiger charge is -2.20. The lowest BCUT2D eigenvalue weighted by atomic mass is 10.0. The average Bonchev–Trinajstić information content (AvgIpc) is 3.03. The highest BCUT2D eigenvalue weighted by molar-refractivity contribution is 5.95. The van der Waals surface area contributed by atoms with Gasteiger partial charge in [0.25, 0.3) is 0 Å². The molecule has 0 radical (unpaired) electrons. The number of hydrogen-bond acceptors (Lipinski definition) is 2. The molecule has 4 nitrogen and oxygen atoms in total. The van der Waals surface area contributed by atoms with Gasteiger partial charge in [-0.15, -0.1) is 0 Å². The summed E-state index contributed by atoms with van der Waals surface area (Å²) in [5.41, 5.74) is 2.75. The summed E-state index contributed by atoms with van der Waals surface area (Å²) < 4.78 is 2.31. The van der Waals surface area contributed by atoms with Crippen molar-refractivity contribution >= 4 is 16.9 Å². The van der Waals surface area contributed by atoms with E-state index in [0.29, 0.717) is 17.5 Å². The maximum atomic E-state index is 11.2. The van der Waals surface area contributed by atoms with Crippen LogP contribution in [0.4, 0.5) is 0 Å².